The second kappa shape index (κ2) is 5.36. The molecule has 1 saturated carbocycles. The summed E-state index contributed by atoms with van der Waals surface area (Å²) in [4.78, 5) is 11.9. The minimum atomic E-state index is 0.0606. The molecule has 2 rings (SSSR count). The van der Waals surface area contributed by atoms with Crippen LogP contribution in [0, 0.1) is 5.92 Å². The summed E-state index contributed by atoms with van der Waals surface area (Å²) in [6.07, 6.45) is 6.46. The molecule has 17 heavy (non-hydrogen) atoms. The van der Waals surface area contributed by atoms with E-state index < -0.39 is 0 Å². The molecule has 0 aromatic carbocycles. The largest absolute Gasteiger partial charge is 0.327 e. The lowest BCUT2D eigenvalue weighted by atomic mass is 10.00. The number of nitrogens with zero attached hydrogens (tertiary/aromatic N) is 1. The third-order valence-electron chi connectivity index (χ3n) is 4.10. The standard InChI is InChI=1S/C13H25N3O/c1-9-4-3-5-10(2)16(9)15-13(17)8-12(14)11-6-7-11/h9-12H,3-8,14H2,1-2H3,(H,15,17). The first-order valence-electron chi connectivity index (χ1n) is 6.91. The third kappa shape index (κ3) is 3.42. The fourth-order valence-corrected chi connectivity index (χ4v) is 2.74. The molecule has 1 heterocycles. The molecule has 1 saturated heterocycles. The van der Waals surface area contributed by atoms with Crippen LogP contribution in [0.4, 0.5) is 0 Å². The second-order valence-corrected chi connectivity index (χ2v) is 5.78. The lowest BCUT2D eigenvalue weighted by molar-refractivity contribution is -0.129. The van der Waals surface area contributed by atoms with Crippen molar-refractivity contribution < 1.29 is 4.79 Å². The fraction of sp³-hybridized carbons (Fsp3) is 0.923. The Morgan fingerprint density at radius 2 is 1.88 bits per heavy atom. The van der Waals surface area contributed by atoms with Crippen molar-refractivity contribution in [2.45, 2.75) is 70.5 Å². The van der Waals surface area contributed by atoms with E-state index >= 15 is 0 Å². The number of amides is 1. The van der Waals surface area contributed by atoms with Gasteiger partial charge in [0.2, 0.25) is 5.91 Å². The lowest BCUT2D eigenvalue weighted by Crippen LogP contribution is -2.54. The molecule has 0 radical (unpaired) electrons. The van der Waals surface area contributed by atoms with Gasteiger partial charge in [0.1, 0.15) is 0 Å². The van der Waals surface area contributed by atoms with Crippen molar-refractivity contribution in [2.75, 3.05) is 0 Å². The van der Waals surface area contributed by atoms with Crippen LogP contribution in [-0.2, 0) is 4.79 Å². The smallest absolute Gasteiger partial charge is 0.235 e. The summed E-state index contributed by atoms with van der Waals surface area (Å²) in [5, 5.41) is 2.12. The Hall–Kier alpha value is -0.610. The minimum absolute atomic E-state index is 0.0606. The Bertz CT molecular complexity index is 268. The molecule has 4 nitrogen and oxygen atoms in total. The Morgan fingerprint density at radius 3 is 2.41 bits per heavy atom. The van der Waals surface area contributed by atoms with Gasteiger partial charge in [-0.1, -0.05) is 6.42 Å². The number of hydrogen-bond acceptors (Lipinski definition) is 3. The molecule has 3 atom stereocenters. The van der Waals surface area contributed by atoms with Crippen molar-refractivity contribution in [3.05, 3.63) is 0 Å². The van der Waals surface area contributed by atoms with Gasteiger partial charge in [-0.2, -0.15) is 0 Å². The Labute approximate surface area is 104 Å². The number of piperidine rings is 1. The van der Waals surface area contributed by atoms with Crippen LogP contribution in [0.5, 0.6) is 0 Å². The predicted octanol–water partition coefficient (Wildman–Crippen LogP) is 1.41. The average molecular weight is 239 g/mol. The Balaban J connectivity index is 1.79. The van der Waals surface area contributed by atoms with Crippen LogP contribution in [0.2, 0.25) is 0 Å². The van der Waals surface area contributed by atoms with Crippen molar-refractivity contribution in [3.8, 4) is 0 Å². The first-order chi connectivity index (χ1) is 8.08. The minimum Gasteiger partial charge on any atom is -0.327 e. The van der Waals surface area contributed by atoms with E-state index in [1.165, 1.54) is 32.1 Å². The Morgan fingerprint density at radius 1 is 1.29 bits per heavy atom. The van der Waals surface area contributed by atoms with Gasteiger partial charge in [0.15, 0.2) is 0 Å². The molecule has 98 valence electrons. The molecule has 0 spiro atoms. The van der Waals surface area contributed by atoms with Crippen molar-refractivity contribution in [1.29, 1.82) is 0 Å². The zero-order chi connectivity index (χ0) is 12.4. The summed E-state index contributed by atoms with van der Waals surface area (Å²) in [5.74, 6) is 0.682. The van der Waals surface area contributed by atoms with E-state index in [1.54, 1.807) is 0 Å². The highest BCUT2D eigenvalue weighted by Crippen LogP contribution is 2.32. The summed E-state index contributed by atoms with van der Waals surface area (Å²) in [7, 11) is 0. The van der Waals surface area contributed by atoms with Crippen molar-refractivity contribution in [2.24, 2.45) is 11.7 Å². The molecule has 0 aromatic heterocycles. The Kier molecular flexibility index (Phi) is 4.05. The predicted molar refractivity (Wildman–Crippen MR) is 68.1 cm³/mol. The van der Waals surface area contributed by atoms with Crippen LogP contribution >= 0.6 is 0 Å². The maximum Gasteiger partial charge on any atom is 0.235 e. The van der Waals surface area contributed by atoms with Crippen molar-refractivity contribution in [3.63, 3.8) is 0 Å². The molecule has 0 bridgehead atoms. The first-order valence-corrected chi connectivity index (χ1v) is 6.91. The quantitative estimate of drug-likeness (QED) is 0.780. The van der Waals surface area contributed by atoms with Gasteiger partial charge in [-0.15, -0.1) is 0 Å². The number of carbonyl (C=O) groups is 1. The van der Waals surface area contributed by atoms with E-state index in [1.807, 2.05) is 0 Å². The summed E-state index contributed by atoms with van der Waals surface area (Å²) in [6.45, 7) is 4.35. The van der Waals surface area contributed by atoms with Crippen LogP contribution < -0.4 is 11.2 Å². The second-order valence-electron chi connectivity index (χ2n) is 5.78. The van der Waals surface area contributed by atoms with Crippen molar-refractivity contribution >= 4 is 5.91 Å². The van der Waals surface area contributed by atoms with Crippen LogP contribution in [0.1, 0.15) is 52.4 Å². The first kappa shape index (κ1) is 12.8. The highest BCUT2D eigenvalue weighted by Gasteiger charge is 2.31. The topological polar surface area (TPSA) is 58.4 Å². The summed E-state index contributed by atoms with van der Waals surface area (Å²) in [5.41, 5.74) is 9.02. The van der Waals surface area contributed by atoms with Gasteiger partial charge in [0.05, 0.1) is 0 Å². The van der Waals surface area contributed by atoms with Gasteiger partial charge in [-0.25, -0.2) is 5.01 Å². The van der Waals surface area contributed by atoms with Crippen LogP contribution in [0.25, 0.3) is 0 Å². The zero-order valence-electron chi connectivity index (χ0n) is 11.0. The SMILES string of the molecule is CC1CCCC(C)N1NC(=O)CC(N)C1CC1. The zero-order valence-corrected chi connectivity index (χ0v) is 11.0. The van der Waals surface area contributed by atoms with E-state index in [2.05, 4.69) is 24.3 Å². The van der Waals surface area contributed by atoms with Crippen molar-refractivity contribution in [1.82, 2.24) is 10.4 Å². The van der Waals surface area contributed by atoms with E-state index in [0.717, 1.165) is 0 Å². The molecule has 2 aliphatic rings. The molecule has 4 heteroatoms. The van der Waals surface area contributed by atoms with Gasteiger partial charge in [0, 0.05) is 24.5 Å². The number of rotatable bonds is 4. The molecule has 0 aromatic rings. The lowest BCUT2D eigenvalue weighted by Gasteiger charge is -2.38. The van der Waals surface area contributed by atoms with Gasteiger partial charge in [0.25, 0.3) is 0 Å². The van der Waals surface area contributed by atoms with Gasteiger partial charge < -0.3 is 5.73 Å². The molecule has 2 fully saturated rings. The number of hydrogen-bond donors (Lipinski definition) is 2. The van der Waals surface area contributed by atoms with Gasteiger partial charge >= 0.3 is 0 Å². The highest BCUT2D eigenvalue weighted by molar-refractivity contribution is 5.76. The fourth-order valence-electron chi connectivity index (χ4n) is 2.74. The normalized spacial score (nSPS) is 32.2. The summed E-state index contributed by atoms with van der Waals surface area (Å²) >= 11 is 0. The third-order valence-corrected chi connectivity index (χ3v) is 4.10. The molecular formula is C13H25N3O. The molecule has 3 unspecified atom stereocenters. The monoisotopic (exact) mass is 239 g/mol. The maximum absolute atomic E-state index is 11.9. The molecule has 1 amide bonds. The molecular weight excluding hydrogens is 214 g/mol. The summed E-state index contributed by atoms with van der Waals surface area (Å²) in [6, 6.07) is 0.949. The van der Waals surface area contributed by atoms with E-state index in [4.69, 9.17) is 5.73 Å². The maximum atomic E-state index is 11.9. The number of carbonyl (C=O) groups excluding carboxylic acids is 1. The number of hydrazine groups is 1. The van der Waals surface area contributed by atoms with E-state index in [0.29, 0.717) is 24.4 Å². The average Bonchev–Trinajstić information content (AvgIpc) is 3.07. The van der Waals surface area contributed by atoms with E-state index in [9.17, 15) is 4.79 Å². The van der Waals surface area contributed by atoms with Crippen LogP contribution in [-0.4, -0.2) is 29.0 Å². The van der Waals surface area contributed by atoms with Crippen LogP contribution in [0.3, 0.4) is 0 Å². The molecule has 1 aliphatic carbocycles. The van der Waals surface area contributed by atoms with Gasteiger partial charge in [-0.05, 0) is 45.4 Å². The molecule has 3 N–H and O–H groups in total. The highest BCUT2D eigenvalue weighted by atomic mass is 16.2. The molecule has 1 aliphatic heterocycles. The van der Waals surface area contributed by atoms with E-state index in [-0.39, 0.29) is 11.9 Å². The number of nitrogens with one attached hydrogen (secondary N) is 1. The summed E-state index contributed by atoms with van der Waals surface area (Å²) < 4.78 is 0. The van der Waals surface area contributed by atoms with Crippen LogP contribution in [0.15, 0.2) is 0 Å². The van der Waals surface area contributed by atoms with Gasteiger partial charge in [-0.3, -0.25) is 10.2 Å². The number of nitrogens with two attached hydrogens (primary N) is 1.